The molecule has 0 unspecified atom stereocenters. The van der Waals surface area contributed by atoms with E-state index in [1.165, 1.54) is 12.1 Å². The second-order valence-electron chi connectivity index (χ2n) is 5.61. The van der Waals surface area contributed by atoms with E-state index in [9.17, 15) is 14.0 Å². The first-order chi connectivity index (χ1) is 12.5. The Kier molecular flexibility index (Phi) is 9.53. The van der Waals surface area contributed by atoms with Gasteiger partial charge in [0.2, 0.25) is 5.91 Å². The molecule has 2 amide bonds. The Bertz CT molecular complexity index is 753. The monoisotopic (exact) mass is 412 g/mol. The number of benzene rings is 2. The summed E-state index contributed by atoms with van der Waals surface area (Å²) in [6.07, 6.45) is 0. The van der Waals surface area contributed by atoms with Crippen molar-refractivity contribution >= 4 is 11.8 Å². The molecule has 144 valence electrons. The molecule has 0 saturated carbocycles. The summed E-state index contributed by atoms with van der Waals surface area (Å²) in [5.41, 5.74) is 3.23. The molecule has 0 aliphatic carbocycles. The molecule has 1 heterocycles. The van der Waals surface area contributed by atoms with Crippen molar-refractivity contribution in [3.63, 3.8) is 0 Å². The number of hydrogen-bond donors (Lipinski definition) is 3. The van der Waals surface area contributed by atoms with Crippen molar-refractivity contribution in [3.8, 4) is 0 Å². The maximum atomic E-state index is 13.5. The molecule has 0 spiro atoms. The molecule has 0 aromatic heterocycles. The van der Waals surface area contributed by atoms with Crippen LogP contribution in [-0.2, 0) is 17.1 Å². The molecule has 0 bridgehead atoms. The fourth-order valence-corrected chi connectivity index (χ4v) is 2.39. The van der Waals surface area contributed by atoms with E-state index in [4.69, 9.17) is 5.84 Å². The Morgan fingerprint density at radius 1 is 1.22 bits per heavy atom. The number of carbonyl (C=O) groups is 2. The van der Waals surface area contributed by atoms with Crippen LogP contribution in [0.2, 0.25) is 0 Å². The summed E-state index contributed by atoms with van der Waals surface area (Å²) in [4.78, 5) is 24.4. The van der Waals surface area contributed by atoms with Crippen LogP contribution in [0.1, 0.15) is 26.3 Å². The van der Waals surface area contributed by atoms with E-state index >= 15 is 0 Å². The molecule has 1 aliphatic heterocycles. The first-order valence-electron chi connectivity index (χ1n) is 8.12. The van der Waals surface area contributed by atoms with Crippen LogP contribution in [-0.4, -0.2) is 42.9 Å². The molecular weight excluding hydrogens is 391 g/mol. The number of nitrogens with two attached hydrogens (primary N) is 1. The Balaban J connectivity index is 0.000000288. The zero-order valence-corrected chi connectivity index (χ0v) is 15.8. The normalized spacial score (nSPS) is 12.9. The van der Waals surface area contributed by atoms with E-state index in [1.807, 2.05) is 5.43 Å². The number of hydrazine groups is 1. The minimum Gasteiger partial charge on any atom is -0.337 e. The van der Waals surface area contributed by atoms with E-state index in [0.717, 1.165) is 13.1 Å². The van der Waals surface area contributed by atoms with Crippen LogP contribution in [0.4, 0.5) is 4.39 Å². The van der Waals surface area contributed by atoms with Gasteiger partial charge >= 0.3 is 17.1 Å². The van der Waals surface area contributed by atoms with Crippen molar-refractivity contribution in [1.29, 1.82) is 0 Å². The number of hydrogen-bond acceptors (Lipinski definition) is 4. The maximum absolute atomic E-state index is 13.5. The van der Waals surface area contributed by atoms with Gasteiger partial charge in [0.1, 0.15) is 5.82 Å². The largest absolute Gasteiger partial charge is 2.00 e. The Morgan fingerprint density at radius 3 is 2.52 bits per heavy atom. The van der Waals surface area contributed by atoms with Gasteiger partial charge in [-0.1, -0.05) is 11.6 Å². The second-order valence-corrected chi connectivity index (χ2v) is 5.61. The van der Waals surface area contributed by atoms with Crippen molar-refractivity contribution in [3.05, 3.63) is 78.0 Å². The van der Waals surface area contributed by atoms with Gasteiger partial charge in [-0.25, -0.2) is 4.39 Å². The van der Waals surface area contributed by atoms with Crippen LogP contribution in [0.25, 0.3) is 0 Å². The Hall–Kier alpha value is -2.38. The minimum atomic E-state index is -0.476. The number of nitrogen functional groups attached to an aromatic ring is 1. The topological polar surface area (TPSA) is 87.5 Å². The molecule has 0 radical (unpaired) electrons. The standard InChI is InChI=1S/C12H14FN2O.C7H7N2O.Fe/c1-9-2-3-11(13)10(8-9)12(16)15-6-4-14-5-7-15;8-9-7(10)6-4-2-1-3-5-6;/h2-3,8,14H,1,4-7H2;1-4H,8H2,(H,9,10);/q2*-1;+2. The predicted octanol–water partition coefficient (Wildman–Crippen LogP) is 1.14. The smallest absolute Gasteiger partial charge is 0.337 e. The van der Waals surface area contributed by atoms with Crippen molar-refractivity contribution < 1.29 is 31.0 Å². The van der Waals surface area contributed by atoms with Gasteiger partial charge < -0.3 is 20.4 Å². The summed E-state index contributed by atoms with van der Waals surface area (Å²) in [5, 5.41) is 3.15. The van der Waals surface area contributed by atoms with E-state index < -0.39 is 5.82 Å². The van der Waals surface area contributed by atoms with Gasteiger partial charge in [-0.2, -0.15) is 18.6 Å². The van der Waals surface area contributed by atoms with Crippen LogP contribution in [0.15, 0.2) is 42.5 Å². The molecule has 1 saturated heterocycles. The number of halogens is 1. The number of rotatable bonds is 2. The number of piperazine rings is 1. The molecule has 27 heavy (non-hydrogen) atoms. The van der Waals surface area contributed by atoms with Crippen LogP contribution in [0.5, 0.6) is 0 Å². The molecule has 4 N–H and O–H groups in total. The molecular formula is C19H21FFeN4O2. The molecule has 1 fully saturated rings. The zero-order valence-electron chi connectivity index (χ0n) is 14.6. The maximum Gasteiger partial charge on any atom is 2.00 e. The van der Waals surface area contributed by atoms with E-state index in [2.05, 4.69) is 18.3 Å². The summed E-state index contributed by atoms with van der Waals surface area (Å²) >= 11 is 0. The van der Waals surface area contributed by atoms with Gasteiger partial charge in [0, 0.05) is 31.7 Å². The van der Waals surface area contributed by atoms with Crippen molar-refractivity contribution in [1.82, 2.24) is 15.6 Å². The third-order valence-electron chi connectivity index (χ3n) is 3.75. The second kappa shape index (κ2) is 11.4. The molecule has 6 nitrogen and oxygen atoms in total. The molecule has 8 heteroatoms. The molecule has 2 aromatic rings. The van der Waals surface area contributed by atoms with Crippen LogP contribution in [0.3, 0.4) is 0 Å². The van der Waals surface area contributed by atoms with Crippen LogP contribution < -0.4 is 16.6 Å². The van der Waals surface area contributed by atoms with Gasteiger partial charge in [0.15, 0.2) is 5.91 Å². The van der Waals surface area contributed by atoms with Crippen molar-refractivity contribution in [2.45, 2.75) is 0 Å². The molecule has 2 aromatic carbocycles. The van der Waals surface area contributed by atoms with Gasteiger partial charge in [0.25, 0.3) is 0 Å². The van der Waals surface area contributed by atoms with Gasteiger partial charge in [-0.3, -0.25) is 10.6 Å². The SMILES string of the molecule is NNC(=O)c1[c-]cccc1.[CH2-]c1ccc(F)c(C(=O)N2CCNCC2)c1.[Fe+2]. The third-order valence-corrected chi connectivity index (χ3v) is 3.75. The van der Waals surface area contributed by atoms with E-state index in [0.29, 0.717) is 24.2 Å². The predicted molar refractivity (Wildman–Crippen MR) is 96.6 cm³/mol. The summed E-state index contributed by atoms with van der Waals surface area (Å²) in [6, 6.07) is 13.9. The fraction of sp³-hybridized carbons (Fsp3) is 0.211. The Morgan fingerprint density at radius 2 is 1.93 bits per heavy atom. The molecule has 1 aliphatic rings. The first-order valence-corrected chi connectivity index (χ1v) is 8.12. The van der Waals surface area contributed by atoms with Crippen LogP contribution >= 0.6 is 0 Å². The number of nitrogens with zero attached hydrogens (tertiary/aromatic N) is 1. The first kappa shape index (κ1) is 22.7. The van der Waals surface area contributed by atoms with Crippen molar-refractivity contribution in [2.24, 2.45) is 5.84 Å². The summed E-state index contributed by atoms with van der Waals surface area (Å²) in [5.74, 6) is 3.84. The number of carbonyl (C=O) groups excluding carboxylic acids is 2. The van der Waals surface area contributed by atoms with Gasteiger partial charge in [0.05, 0.1) is 0 Å². The summed E-state index contributed by atoms with van der Waals surface area (Å²) in [6.45, 7) is 6.47. The van der Waals surface area contributed by atoms with Crippen molar-refractivity contribution in [2.75, 3.05) is 26.2 Å². The summed E-state index contributed by atoms with van der Waals surface area (Å²) in [7, 11) is 0. The Labute approximate surface area is 168 Å². The van der Waals surface area contributed by atoms with Gasteiger partial charge in [-0.15, -0.1) is 36.4 Å². The third kappa shape index (κ3) is 6.69. The average molecular weight is 412 g/mol. The van der Waals surface area contributed by atoms with Crippen LogP contribution in [0, 0.1) is 18.8 Å². The van der Waals surface area contributed by atoms with Gasteiger partial charge in [-0.05, 0) is 0 Å². The average Bonchev–Trinajstić information content (AvgIpc) is 2.70. The van der Waals surface area contributed by atoms with E-state index in [-0.39, 0.29) is 34.4 Å². The van der Waals surface area contributed by atoms with E-state index in [1.54, 1.807) is 35.2 Å². The molecule has 3 rings (SSSR count). The quantitative estimate of drug-likeness (QED) is 0.227. The fourth-order valence-electron chi connectivity index (χ4n) is 2.39. The summed E-state index contributed by atoms with van der Waals surface area (Å²) < 4.78 is 13.5. The number of nitrogens with one attached hydrogen (secondary N) is 2. The minimum absolute atomic E-state index is 0. The zero-order chi connectivity index (χ0) is 18.9. The number of amides is 2. The molecule has 0 atom stereocenters.